The van der Waals surface area contributed by atoms with E-state index in [1.165, 1.54) is 0 Å². The van der Waals surface area contributed by atoms with Gasteiger partial charge in [0.25, 0.3) is 5.91 Å². The van der Waals surface area contributed by atoms with Gasteiger partial charge >= 0.3 is 0 Å². The van der Waals surface area contributed by atoms with E-state index in [2.05, 4.69) is 25.3 Å². The molecule has 8 nitrogen and oxygen atoms in total. The number of hydrogen-bond donors (Lipinski definition) is 3. The number of aromatic hydroxyl groups is 1. The van der Waals surface area contributed by atoms with Crippen LogP contribution in [0, 0.1) is 0 Å². The Kier molecular flexibility index (Phi) is 3.05. The second-order valence-corrected chi connectivity index (χ2v) is 6.08. The summed E-state index contributed by atoms with van der Waals surface area (Å²) in [4.78, 5) is 30.8. The van der Waals surface area contributed by atoms with E-state index >= 15 is 0 Å². The van der Waals surface area contributed by atoms with Crippen LogP contribution in [0.25, 0.3) is 11.0 Å². The number of nitrogens with zero attached hydrogens (tertiary/aromatic N) is 4. The molecule has 0 saturated carbocycles. The summed E-state index contributed by atoms with van der Waals surface area (Å²) in [6.07, 6.45) is 1.59. The normalized spacial score (nSPS) is 15.3. The summed E-state index contributed by atoms with van der Waals surface area (Å²) in [5.74, 6) is 1.05. The van der Waals surface area contributed by atoms with Gasteiger partial charge < -0.3 is 10.1 Å². The van der Waals surface area contributed by atoms with Gasteiger partial charge in [0.15, 0.2) is 0 Å². The number of aromatic amines is 1. The largest absolute Gasteiger partial charge is 0.508 e. The molecule has 0 atom stereocenters. The zero-order valence-corrected chi connectivity index (χ0v) is 13.6. The first kappa shape index (κ1) is 14.6. The lowest BCUT2D eigenvalue weighted by Crippen LogP contribution is -2.47. The van der Waals surface area contributed by atoms with Crippen LogP contribution < -0.4 is 5.32 Å². The van der Waals surface area contributed by atoms with Crippen molar-refractivity contribution >= 4 is 34.4 Å². The number of imidazole rings is 1. The van der Waals surface area contributed by atoms with Crippen LogP contribution >= 0.6 is 0 Å². The predicted octanol–water partition coefficient (Wildman–Crippen LogP) is 1.76. The summed E-state index contributed by atoms with van der Waals surface area (Å²) in [6.45, 7) is 1.24. The number of amidine groups is 1. The van der Waals surface area contributed by atoms with Crippen LogP contribution in [0.4, 0.5) is 5.69 Å². The maximum absolute atomic E-state index is 12.7. The highest BCUT2D eigenvalue weighted by molar-refractivity contribution is 6.19. The summed E-state index contributed by atoms with van der Waals surface area (Å²) in [7, 11) is 0. The van der Waals surface area contributed by atoms with Gasteiger partial charge in [-0.05, 0) is 36.4 Å². The number of nitrogens with one attached hydrogen (secondary N) is 2. The molecule has 0 aliphatic carbocycles. The Bertz CT molecular complexity index is 1110. The number of hydrogen-bond acceptors (Lipinski definition) is 6. The summed E-state index contributed by atoms with van der Waals surface area (Å²) >= 11 is 0. The summed E-state index contributed by atoms with van der Waals surface area (Å²) in [5.41, 5.74) is 3.53. The van der Waals surface area contributed by atoms with Crippen molar-refractivity contribution < 1.29 is 9.90 Å². The number of guanidine groups is 1. The first-order chi connectivity index (χ1) is 12.7. The lowest BCUT2D eigenvalue weighted by Gasteiger charge is -2.27. The number of rotatable bonds is 1. The number of H-pyrrole nitrogens is 1. The van der Waals surface area contributed by atoms with E-state index in [1.54, 1.807) is 36.7 Å². The lowest BCUT2D eigenvalue weighted by atomic mass is 10.1. The molecule has 128 valence electrons. The minimum atomic E-state index is -0.262. The third-order valence-electron chi connectivity index (χ3n) is 4.45. The molecule has 0 fully saturated rings. The molecule has 0 spiro atoms. The van der Waals surface area contributed by atoms with Crippen molar-refractivity contribution in [3.8, 4) is 5.75 Å². The maximum Gasteiger partial charge on any atom is 0.258 e. The van der Waals surface area contributed by atoms with Gasteiger partial charge in [-0.15, -0.1) is 0 Å². The van der Waals surface area contributed by atoms with Crippen molar-refractivity contribution in [3.63, 3.8) is 0 Å². The smallest absolute Gasteiger partial charge is 0.258 e. The third kappa shape index (κ3) is 2.23. The van der Waals surface area contributed by atoms with E-state index in [9.17, 15) is 9.90 Å². The van der Waals surface area contributed by atoms with E-state index in [0.717, 1.165) is 16.6 Å². The minimum absolute atomic E-state index is 0.160. The van der Waals surface area contributed by atoms with Crippen molar-refractivity contribution in [3.05, 3.63) is 53.9 Å². The van der Waals surface area contributed by atoms with Gasteiger partial charge in [-0.25, -0.2) is 9.98 Å². The molecular formula is C18H14N6O2. The fourth-order valence-corrected chi connectivity index (χ4v) is 3.20. The van der Waals surface area contributed by atoms with E-state index in [0.29, 0.717) is 36.1 Å². The molecule has 0 unspecified atom stereocenters. The highest BCUT2D eigenvalue weighted by Crippen LogP contribution is 2.31. The Balaban J connectivity index is 1.50. The molecule has 0 bridgehead atoms. The Labute approximate surface area is 147 Å². The zero-order valence-electron chi connectivity index (χ0n) is 13.6. The first-order valence-corrected chi connectivity index (χ1v) is 8.17. The lowest BCUT2D eigenvalue weighted by molar-refractivity contribution is 0.0974. The topological polar surface area (TPSA) is 106 Å². The highest BCUT2D eigenvalue weighted by Gasteiger charge is 2.30. The summed E-state index contributed by atoms with van der Waals surface area (Å²) in [6, 6.07) is 10.2. The molecule has 2 aliphatic rings. The van der Waals surface area contributed by atoms with E-state index in [4.69, 9.17) is 0 Å². The summed E-state index contributed by atoms with van der Waals surface area (Å²) in [5, 5.41) is 12.6. The second-order valence-electron chi connectivity index (χ2n) is 6.08. The fourth-order valence-electron chi connectivity index (χ4n) is 3.20. The number of benzene rings is 2. The molecule has 0 saturated heterocycles. The van der Waals surface area contributed by atoms with Crippen LogP contribution in [-0.2, 0) is 0 Å². The van der Waals surface area contributed by atoms with Crippen LogP contribution in [0.15, 0.2) is 52.7 Å². The van der Waals surface area contributed by atoms with Crippen molar-refractivity contribution in [2.45, 2.75) is 0 Å². The fraction of sp³-hybridized carbons (Fsp3) is 0.111. The van der Waals surface area contributed by atoms with E-state index in [1.807, 2.05) is 11.0 Å². The molecule has 3 N–H and O–H groups in total. The highest BCUT2D eigenvalue weighted by atomic mass is 16.3. The van der Waals surface area contributed by atoms with Gasteiger partial charge in [0.05, 0.1) is 29.6 Å². The number of amides is 1. The Morgan fingerprint density at radius 3 is 3.08 bits per heavy atom. The first-order valence-electron chi connectivity index (χ1n) is 8.17. The molecule has 8 heteroatoms. The van der Waals surface area contributed by atoms with Gasteiger partial charge in [-0.2, -0.15) is 0 Å². The molecule has 1 aromatic heterocycles. The van der Waals surface area contributed by atoms with Crippen LogP contribution in [-0.4, -0.2) is 50.8 Å². The van der Waals surface area contributed by atoms with Crippen LogP contribution in [0.1, 0.15) is 15.9 Å². The van der Waals surface area contributed by atoms with Gasteiger partial charge in [0.2, 0.25) is 5.96 Å². The van der Waals surface area contributed by atoms with E-state index in [-0.39, 0.29) is 11.7 Å². The number of carbonyl (C=O) groups is 1. The molecule has 5 rings (SSSR count). The minimum Gasteiger partial charge on any atom is -0.508 e. The Hall–Kier alpha value is -3.68. The second kappa shape index (κ2) is 5.41. The average molecular weight is 346 g/mol. The Morgan fingerprint density at radius 2 is 2.15 bits per heavy atom. The van der Waals surface area contributed by atoms with Crippen molar-refractivity contribution in [1.82, 2.24) is 20.2 Å². The molecule has 2 aromatic carbocycles. The number of phenols is 1. The summed E-state index contributed by atoms with van der Waals surface area (Å²) < 4.78 is 0. The Morgan fingerprint density at radius 1 is 1.23 bits per heavy atom. The van der Waals surface area contributed by atoms with Gasteiger partial charge in [-0.3, -0.25) is 20.0 Å². The zero-order chi connectivity index (χ0) is 17.7. The van der Waals surface area contributed by atoms with Gasteiger partial charge in [0, 0.05) is 17.7 Å². The standard InChI is InChI=1S/C18H14N6O2/c25-11-2-4-13-12(8-11)16-19-5-6-24(16)18(22-13)23-17(26)10-1-3-14-15(7-10)21-9-20-14/h1-4,7-9,25H,5-6H2,(H,20,21)(H,22,23,26). The van der Waals surface area contributed by atoms with Crippen molar-refractivity contribution in [1.29, 1.82) is 0 Å². The average Bonchev–Trinajstić information content (AvgIpc) is 3.31. The van der Waals surface area contributed by atoms with Crippen molar-refractivity contribution in [2.75, 3.05) is 13.1 Å². The number of carbonyl (C=O) groups excluding carboxylic acids is 1. The van der Waals surface area contributed by atoms with Crippen LogP contribution in [0.2, 0.25) is 0 Å². The molecule has 0 radical (unpaired) electrons. The van der Waals surface area contributed by atoms with Crippen LogP contribution in [0.3, 0.4) is 0 Å². The molecule has 3 aromatic rings. The van der Waals surface area contributed by atoms with E-state index < -0.39 is 0 Å². The molecular weight excluding hydrogens is 332 g/mol. The number of aromatic nitrogens is 2. The van der Waals surface area contributed by atoms with Crippen LogP contribution in [0.5, 0.6) is 5.75 Å². The number of aliphatic imine (C=N–C) groups is 2. The molecule has 1 amide bonds. The number of phenolic OH excluding ortho intramolecular Hbond substituents is 1. The molecule has 3 heterocycles. The monoisotopic (exact) mass is 346 g/mol. The predicted molar refractivity (Wildman–Crippen MR) is 96.9 cm³/mol. The molecule has 2 aliphatic heterocycles. The van der Waals surface area contributed by atoms with Gasteiger partial charge in [0.1, 0.15) is 11.6 Å². The maximum atomic E-state index is 12.7. The quantitative estimate of drug-likeness (QED) is 0.624. The van der Waals surface area contributed by atoms with Gasteiger partial charge in [-0.1, -0.05) is 0 Å². The SMILES string of the molecule is O=C(NC1=Nc2ccc(O)cc2C2=NCCN12)c1ccc2[nH]cnc2c1. The number of fused-ring (bicyclic) bond motifs is 4. The third-order valence-corrected chi connectivity index (χ3v) is 4.45. The molecule has 26 heavy (non-hydrogen) atoms. The van der Waals surface area contributed by atoms with Crippen molar-refractivity contribution in [2.24, 2.45) is 9.98 Å².